The van der Waals surface area contributed by atoms with E-state index in [1.54, 1.807) is 0 Å². The van der Waals surface area contributed by atoms with Crippen LogP contribution in [0.15, 0.2) is 23.1 Å². The van der Waals surface area contributed by atoms with Gasteiger partial charge in [0.25, 0.3) is 0 Å². The van der Waals surface area contributed by atoms with Gasteiger partial charge < -0.3 is 11.1 Å². The zero-order chi connectivity index (χ0) is 11.7. The minimum Gasteiger partial charge on any atom is -0.381 e. The Balaban J connectivity index is 1.75. The van der Waals surface area contributed by atoms with Crippen LogP contribution in [0, 0.1) is 0 Å². The fourth-order valence-corrected chi connectivity index (χ4v) is 3.85. The third-order valence-electron chi connectivity index (χ3n) is 3.83. The number of aryl methyl sites for hydroxylation is 1. The molecule has 1 aliphatic carbocycles. The Hall–Kier alpha value is -0.670. The lowest BCUT2D eigenvalue weighted by molar-refractivity contribution is 0.637. The molecular formula is C14H20N2S. The van der Waals surface area contributed by atoms with Gasteiger partial charge in [-0.2, -0.15) is 0 Å². The molecule has 0 amide bonds. The van der Waals surface area contributed by atoms with Crippen molar-refractivity contribution in [3.05, 3.63) is 23.8 Å². The van der Waals surface area contributed by atoms with Crippen LogP contribution in [-0.2, 0) is 6.42 Å². The van der Waals surface area contributed by atoms with E-state index >= 15 is 0 Å². The van der Waals surface area contributed by atoms with Gasteiger partial charge >= 0.3 is 0 Å². The van der Waals surface area contributed by atoms with E-state index in [9.17, 15) is 0 Å². The molecule has 0 spiro atoms. The van der Waals surface area contributed by atoms with Crippen molar-refractivity contribution >= 4 is 17.4 Å². The number of rotatable bonds is 2. The summed E-state index contributed by atoms with van der Waals surface area (Å²) < 4.78 is 0. The molecule has 17 heavy (non-hydrogen) atoms. The minimum absolute atomic E-state index is 0.334. The molecule has 92 valence electrons. The van der Waals surface area contributed by atoms with Gasteiger partial charge in [-0.15, -0.1) is 11.8 Å². The molecule has 3 N–H and O–H groups in total. The Morgan fingerprint density at radius 3 is 3.00 bits per heavy atom. The Morgan fingerprint density at radius 1 is 1.24 bits per heavy atom. The van der Waals surface area contributed by atoms with E-state index < -0.39 is 0 Å². The van der Waals surface area contributed by atoms with Crippen LogP contribution in [0.2, 0.25) is 0 Å². The molecule has 2 nitrogen and oxygen atoms in total. The third kappa shape index (κ3) is 2.45. The molecule has 2 atom stereocenters. The molecular weight excluding hydrogens is 228 g/mol. The molecule has 0 saturated heterocycles. The van der Waals surface area contributed by atoms with Crippen LogP contribution in [0.3, 0.4) is 0 Å². The SMILES string of the molecule is NC1CCCC1Nc1ccc2c(c1)CCCS2. The van der Waals surface area contributed by atoms with Crippen molar-refractivity contribution in [3.8, 4) is 0 Å². The average molecular weight is 248 g/mol. The van der Waals surface area contributed by atoms with E-state index in [1.165, 1.54) is 54.0 Å². The van der Waals surface area contributed by atoms with Gasteiger partial charge in [-0.1, -0.05) is 0 Å². The smallest absolute Gasteiger partial charge is 0.0412 e. The van der Waals surface area contributed by atoms with Gasteiger partial charge in [-0.25, -0.2) is 0 Å². The first-order chi connectivity index (χ1) is 8.33. The average Bonchev–Trinajstić information content (AvgIpc) is 2.75. The summed E-state index contributed by atoms with van der Waals surface area (Å²) in [6.45, 7) is 0. The number of nitrogens with two attached hydrogens (primary N) is 1. The zero-order valence-electron chi connectivity index (χ0n) is 10.1. The molecule has 0 bridgehead atoms. The van der Waals surface area contributed by atoms with Gasteiger partial charge in [0.05, 0.1) is 0 Å². The third-order valence-corrected chi connectivity index (χ3v) is 5.03. The lowest BCUT2D eigenvalue weighted by Gasteiger charge is -2.21. The van der Waals surface area contributed by atoms with E-state index in [0.29, 0.717) is 12.1 Å². The van der Waals surface area contributed by atoms with Crippen LogP contribution >= 0.6 is 11.8 Å². The Morgan fingerprint density at radius 2 is 2.18 bits per heavy atom. The molecule has 3 rings (SSSR count). The lowest BCUT2D eigenvalue weighted by Crippen LogP contribution is -2.35. The van der Waals surface area contributed by atoms with E-state index in [1.807, 2.05) is 11.8 Å². The molecule has 2 unspecified atom stereocenters. The van der Waals surface area contributed by atoms with Crippen LogP contribution in [0.4, 0.5) is 5.69 Å². The van der Waals surface area contributed by atoms with Crippen molar-refractivity contribution in [1.29, 1.82) is 0 Å². The molecule has 1 fully saturated rings. The maximum absolute atomic E-state index is 6.10. The summed E-state index contributed by atoms with van der Waals surface area (Å²) in [6, 6.07) is 7.61. The van der Waals surface area contributed by atoms with Crippen molar-refractivity contribution in [2.75, 3.05) is 11.1 Å². The van der Waals surface area contributed by atoms with E-state index in [4.69, 9.17) is 5.73 Å². The quantitative estimate of drug-likeness (QED) is 0.845. The molecule has 1 saturated carbocycles. The Bertz CT molecular complexity index is 405. The molecule has 1 aromatic carbocycles. The predicted molar refractivity (Wildman–Crippen MR) is 74.7 cm³/mol. The minimum atomic E-state index is 0.334. The largest absolute Gasteiger partial charge is 0.381 e. The first kappa shape index (κ1) is 11.4. The van der Waals surface area contributed by atoms with Gasteiger partial charge in [-0.05, 0) is 61.6 Å². The molecule has 0 radical (unpaired) electrons. The molecule has 1 aromatic rings. The van der Waals surface area contributed by atoms with E-state index in [2.05, 4.69) is 23.5 Å². The first-order valence-corrected chi connectivity index (χ1v) is 7.59. The summed E-state index contributed by atoms with van der Waals surface area (Å²) >= 11 is 1.99. The first-order valence-electron chi connectivity index (χ1n) is 6.61. The summed E-state index contributed by atoms with van der Waals surface area (Å²) in [5.74, 6) is 1.27. The predicted octanol–water partition coefficient (Wildman–Crippen LogP) is 3.02. The fraction of sp³-hybridized carbons (Fsp3) is 0.571. The summed E-state index contributed by atoms with van der Waals surface area (Å²) in [6.07, 6.45) is 6.18. The Labute approximate surface area is 107 Å². The van der Waals surface area contributed by atoms with Crippen LogP contribution in [-0.4, -0.2) is 17.8 Å². The van der Waals surface area contributed by atoms with Crippen molar-refractivity contribution in [2.24, 2.45) is 5.73 Å². The number of benzene rings is 1. The summed E-state index contributed by atoms with van der Waals surface area (Å²) in [4.78, 5) is 1.47. The monoisotopic (exact) mass is 248 g/mol. The van der Waals surface area contributed by atoms with E-state index in [-0.39, 0.29) is 0 Å². The number of fused-ring (bicyclic) bond motifs is 1. The second kappa shape index (κ2) is 4.91. The molecule has 1 aliphatic heterocycles. The van der Waals surface area contributed by atoms with Gasteiger partial charge in [0.1, 0.15) is 0 Å². The lowest BCUT2D eigenvalue weighted by atomic mass is 10.1. The van der Waals surface area contributed by atoms with Crippen molar-refractivity contribution in [3.63, 3.8) is 0 Å². The molecule has 1 heterocycles. The highest BCUT2D eigenvalue weighted by Crippen LogP contribution is 2.32. The topological polar surface area (TPSA) is 38.0 Å². The van der Waals surface area contributed by atoms with E-state index in [0.717, 1.165) is 0 Å². The van der Waals surface area contributed by atoms with Crippen molar-refractivity contribution in [1.82, 2.24) is 0 Å². The van der Waals surface area contributed by atoms with Gasteiger partial charge in [0.15, 0.2) is 0 Å². The second-order valence-corrected chi connectivity index (χ2v) is 6.26. The highest BCUT2D eigenvalue weighted by molar-refractivity contribution is 7.99. The second-order valence-electron chi connectivity index (χ2n) is 5.12. The Kier molecular flexibility index (Phi) is 3.30. The highest BCUT2D eigenvalue weighted by Gasteiger charge is 2.23. The zero-order valence-corrected chi connectivity index (χ0v) is 10.9. The number of anilines is 1. The van der Waals surface area contributed by atoms with Gasteiger partial charge in [0.2, 0.25) is 0 Å². The van der Waals surface area contributed by atoms with Crippen LogP contribution in [0.25, 0.3) is 0 Å². The number of nitrogens with one attached hydrogen (secondary N) is 1. The standard InChI is InChI=1S/C14H20N2S/c15-12-4-1-5-13(12)16-11-6-7-14-10(9-11)3-2-8-17-14/h6-7,9,12-13,16H,1-5,8,15H2. The summed E-state index contributed by atoms with van der Waals surface area (Å²) in [5.41, 5.74) is 8.87. The molecule has 0 aromatic heterocycles. The maximum Gasteiger partial charge on any atom is 0.0412 e. The van der Waals surface area contributed by atoms with Crippen LogP contribution < -0.4 is 11.1 Å². The number of hydrogen-bond donors (Lipinski definition) is 2. The number of thioether (sulfide) groups is 1. The summed E-state index contributed by atoms with van der Waals surface area (Å²) in [7, 11) is 0. The van der Waals surface area contributed by atoms with Crippen molar-refractivity contribution in [2.45, 2.75) is 49.1 Å². The van der Waals surface area contributed by atoms with Gasteiger partial charge in [-0.3, -0.25) is 0 Å². The fourth-order valence-electron chi connectivity index (χ4n) is 2.83. The number of hydrogen-bond acceptors (Lipinski definition) is 3. The van der Waals surface area contributed by atoms with Crippen molar-refractivity contribution < 1.29 is 0 Å². The van der Waals surface area contributed by atoms with Crippen LogP contribution in [0.5, 0.6) is 0 Å². The van der Waals surface area contributed by atoms with Gasteiger partial charge in [0, 0.05) is 22.7 Å². The molecule has 3 heteroatoms. The van der Waals surface area contributed by atoms with Crippen LogP contribution in [0.1, 0.15) is 31.2 Å². The maximum atomic E-state index is 6.10. The highest BCUT2D eigenvalue weighted by atomic mass is 32.2. The normalized spacial score (nSPS) is 27.8. The summed E-state index contributed by atoms with van der Waals surface area (Å²) in [5, 5.41) is 3.61. The molecule has 2 aliphatic rings.